The maximum absolute atomic E-state index is 11.6. The number of thiophene rings is 1. The van der Waals surface area contributed by atoms with Gasteiger partial charge >= 0.3 is 5.97 Å². The number of hydrogen-bond donors (Lipinski definition) is 1. The fraction of sp³-hybridized carbons (Fsp3) is 0.682. The number of carbonyl (C=O) groups is 1. The van der Waals surface area contributed by atoms with Gasteiger partial charge in [0.15, 0.2) is 0 Å². The Morgan fingerprint density at radius 1 is 1.30 bits per heavy atom. The van der Waals surface area contributed by atoms with Crippen LogP contribution in [0.3, 0.4) is 0 Å². The van der Waals surface area contributed by atoms with Crippen LogP contribution < -0.4 is 0 Å². The van der Waals surface area contributed by atoms with Crippen LogP contribution in [0.15, 0.2) is 24.3 Å². The van der Waals surface area contributed by atoms with Crippen LogP contribution in [-0.4, -0.2) is 29.7 Å². The molecule has 0 spiro atoms. The van der Waals surface area contributed by atoms with Crippen molar-refractivity contribution in [1.82, 2.24) is 0 Å². The third-order valence-corrected chi connectivity index (χ3v) is 7.76. The number of aliphatic hydroxyl groups excluding tert-OH is 1. The van der Waals surface area contributed by atoms with Crippen molar-refractivity contribution in [3.63, 3.8) is 0 Å². The number of aliphatic hydroxyl groups is 1. The lowest BCUT2D eigenvalue weighted by Gasteiger charge is -2.22. The van der Waals surface area contributed by atoms with Gasteiger partial charge in [0.25, 0.3) is 0 Å². The van der Waals surface area contributed by atoms with Gasteiger partial charge in [-0.2, -0.15) is 0 Å². The molecule has 3 rings (SSSR count). The molecule has 0 aliphatic heterocycles. The number of alkyl halides is 1. The molecule has 0 saturated heterocycles. The van der Waals surface area contributed by atoms with Crippen molar-refractivity contribution in [3.05, 3.63) is 34.0 Å². The van der Waals surface area contributed by atoms with Crippen molar-refractivity contribution in [1.29, 1.82) is 0 Å². The first-order valence-corrected chi connectivity index (χ1v) is 11.5. The summed E-state index contributed by atoms with van der Waals surface area (Å²) in [4.78, 5) is 13.4. The number of esters is 1. The summed E-state index contributed by atoms with van der Waals surface area (Å²) in [5.74, 6) is 0.938. The van der Waals surface area contributed by atoms with Crippen LogP contribution in [0.4, 0.5) is 0 Å². The van der Waals surface area contributed by atoms with Crippen LogP contribution in [0.1, 0.15) is 65.9 Å². The Balaban J connectivity index is 1.52. The first kappa shape index (κ1) is 20.9. The molecule has 2 fully saturated rings. The minimum atomic E-state index is -0.315. The lowest BCUT2D eigenvalue weighted by molar-refractivity contribution is 0.0606. The molecule has 0 aromatic carbocycles. The van der Waals surface area contributed by atoms with Crippen LogP contribution in [-0.2, 0) is 11.2 Å². The summed E-state index contributed by atoms with van der Waals surface area (Å²) in [7, 11) is 1.41. The van der Waals surface area contributed by atoms with Crippen LogP contribution >= 0.6 is 22.9 Å². The summed E-state index contributed by atoms with van der Waals surface area (Å²) < 4.78 is 4.77. The zero-order valence-electron chi connectivity index (χ0n) is 16.1. The molecule has 0 amide bonds. The second-order valence-corrected chi connectivity index (χ2v) is 9.72. The minimum Gasteiger partial charge on any atom is -0.465 e. The summed E-state index contributed by atoms with van der Waals surface area (Å²) in [6.07, 6.45) is 14.6. The van der Waals surface area contributed by atoms with E-state index in [4.69, 9.17) is 16.3 Å². The average Bonchev–Trinajstić information content (AvgIpc) is 3.25. The molecule has 2 aliphatic carbocycles. The third-order valence-electron chi connectivity index (χ3n) is 6.13. The highest BCUT2D eigenvalue weighted by Crippen LogP contribution is 2.40. The summed E-state index contributed by atoms with van der Waals surface area (Å²) >= 11 is 8.09. The highest BCUT2D eigenvalue weighted by Gasteiger charge is 2.39. The van der Waals surface area contributed by atoms with E-state index in [0.29, 0.717) is 23.1 Å². The van der Waals surface area contributed by atoms with E-state index < -0.39 is 0 Å². The number of hydrogen-bond acceptors (Lipinski definition) is 4. The predicted octanol–water partition coefficient (Wildman–Crippen LogP) is 5.60. The third kappa shape index (κ3) is 5.58. The largest absolute Gasteiger partial charge is 0.465 e. The number of rotatable bonds is 7. The molecule has 1 aromatic heterocycles. The second-order valence-electron chi connectivity index (χ2n) is 7.99. The van der Waals surface area contributed by atoms with Crippen molar-refractivity contribution in [2.75, 3.05) is 7.11 Å². The van der Waals surface area contributed by atoms with Gasteiger partial charge < -0.3 is 9.84 Å². The molecule has 4 atom stereocenters. The first-order valence-electron chi connectivity index (χ1n) is 10.3. The van der Waals surface area contributed by atoms with Gasteiger partial charge in [-0.05, 0) is 62.5 Å². The molecule has 0 radical (unpaired) electrons. The second kappa shape index (κ2) is 10.1. The highest BCUT2D eigenvalue weighted by molar-refractivity contribution is 7.13. The van der Waals surface area contributed by atoms with Crippen LogP contribution in [0, 0.1) is 17.8 Å². The zero-order valence-corrected chi connectivity index (χ0v) is 17.7. The van der Waals surface area contributed by atoms with E-state index in [1.807, 2.05) is 12.1 Å². The number of methoxy groups -OCH3 is 1. The van der Waals surface area contributed by atoms with Crippen LogP contribution in [0.5, 0.6) is 0 Å². The van der Waals surface area contributed by atoms with Gasteiger partial charge in [-0.1, -0.05) is 31.4 Å². The number of carbonyl (C=O) groups excluding carboxylic acids is 1. The number of halogens is 1. The molecule has 150 valence electrons. The maximum Gasteiger partial charge on any atom is 0.348 e. The summed E-state index contributed by atoms with van der Waals surface area (Å²) in [5, 5.41) is 10.5. The standard InChI is InChI=1S/C22H31ClO3S/c1-26-22(25)21-13-11-16(27-21)8-5-9-17-18(20(24)14-19(17)23)12-10-15-6-3-2-4-7-15/h10-13,15,17-20,24H,2-9,14H2,1H3/b12-10+/t17-,18-,19-,20-/m1/s1. The van der Waals surface area contributed by atoms with Crippen molar-refractivity contribution in [2.24, 2.45) is 17.8 Å². The topological polar surface area (TPSA) is 46.5 Å². The molecule has 2 saturated carbocycles. The maximum atomic E-state index is 11.6. The van der Waals surface area contributed by atoms with Gasteiger partial charge in [-0.15, -0.1) is 22.9 Å². The summed E-state index contributed by atoms with van der Waals surface area (Å²) in [6, 6.07) is 3.85. The molecule has 2 aliphatic rings. The number of ether oxygens (including phenoxy) is 1. The van der Waals surface area contributed by atoms with E-state index in [9.17, 15) is 9.90 Å². The molecule has 0 bridgehead atoms. The van der Waals surface area contributed by atoms with Gasteiger partial charge in [0.2, 0.25) is 0 Å². The zero-order chi connectivity index (χ0) is 19.2. The fourth-order valence-electron chi connectivity index (χ4n) is 4.58. The predicted molar refractivity (Wildman–Crippen MR) is 112 cm³/mol. The SMILES string of the molecule is COC(=O)c1ccc(CCC[C@@H]2[C@@H](/C=C/C3CCCCC3)[C@H](O)C[C@H]2Cl)s1. The van der Waals surface area contributed by atoms with Crippen LogP contribution in [0.25, 0.3) is 0 Å². The molecule has 1 heterocycles. The van der Waals surface area contributed by atoms with E-state index in [1.165, 1.54) is 55.4 Å². The van der Waals surface area contributed by atoms with E-state index in [2.05, 4.69) is 12.2 Å². The lowest BCUT2D eigenvalue weighted by Crippen LogP contribution is -2.19. The van der Waals surface area contributed by atoms with Gasteiger partial charge in [-0.3, -0.25) is 0 Å². The quantitative estimate of drug-likeness (QED) is 0.361. The minimum absolute atomic E-state index is 0.0509. The monoisotopic (exact) mass is 410 g/mol. The normalized spacial score (nSPS) is 29.4. The van der Waals surface area contributed by atoms with E-state index in [1.54, 1.807) is 0 Å². The Kier molecular flexibility index (Phi) is 7.80. The molecule has 5 heteroatoms. The molecule has 1 N–H and O–H groups in total. The first-order chi connectivity index (χ1) is 13.1. The Morgan fingerprint density at radius 3 is 2.81 bits per heavy atom. The lowest BCUT2D eigenvalue weighted by atomic mass is 9.85. The van der Waals surface area contributed by atoms with Crippen molar-refractivity contribution in [3.8, 4) is 0 Å². The van der Waals surface area contributed by atoms with Gasteiger partial charge in [0.05, 0.1) is 13.2 Å². The molecule has 0 unspecified atom stereocenters. The Morgan fingerprint density at radius 2 is 2.07 bits per heavy atom. The van der Waals surface area contributed by atoms with Gasteiger partial charge in [0.1, 0.15) is 4.88 Å². The molecule has 3 nitrogen and oxygen atoms in total. The number of allylic oxidation sites excluding steroid dienone is 1. The smallest absolute Gasteiger partial charge is 0.348 e. The molecule has 1 aromatic rings. The van der Waals surface area contributed by atoms with Crippen molar-refractivity contribution >= 4 is 28.9 Å². The van der Waals surface area contributed by atoms with Crippen molar-refractivity contribution < 1.29 is 14.6 Å². The Labute approximate surface area is 171 Å². The van der Waals surface area contributed by atoms with Crippen molar-refractivity contribution in [2.45, 2.75) is 69.3 Å². The van der Waals surface area contributed by atoms with E-state index in [0.717, 1.165) is 19.3 Å². The van der Waals surface area contributed by atoms with E-state index in [-0.39, 0.29) is 23.4 Å². The Hall–Kier alpha value is -0.840. The highest BCUT2D eigenvalue weighted by atomic mass is 35.5. The average molecular weight is 411 g/mol. The Bertz CT molecular complexity index is 635. The number of aryl methyl sites for hydroxylation is 1. The summed E-state index contributed by atoms with van der Waals surface area (Å²) in [6.45, 7) is 0. The van der Waals surface area contributed by atoms with Crippen LogP contribution in [0.2, 0.25) is 0 Å². The van der Waals surface area contributed by atoms with E-state index >= 15 is 0 Å². The van der Waals surface area contributed by atoms with Gasteiger partial charge in [-0.25, -0.2) is 4.79 Å². The summed E-state index contributed by atoms with van der Waals surface area (Å²) in [5.41, 5.74) is 0. The fourth-order valence-corrected chi connectivity index (χ4v) is 6.02. The molecular weight excluding hydrogens is 380 g/mol. The molecular formula is C22H31ClO3S. The molecule has 27 heavy (non-hydrogen) atoms. The van der Waals surface area contributed by atoms with Gasteiger partial charge in [0, 0.05) is 16.2 Å².